The van der Waals surface area contributed by atoms with Gasteiger partial charge in [-0.25, -0.2) is 13.8 Å². The van der Waals surface area contributed by atoms with Gasteiger partial charge in [-0.3, -0.25) is 14.4 Å². The van der Waals surface area contributed by atoms with Crippen molar-refractivity contribution in [3.8, 4) is 0 Å². The molecule has 0 unspecified atom stereocenters. The van der Waals surface area contributed by atoms with Gasteiger partial charge in [0.25, 0.3) is 11.8 Å². The number of carbonyl (C=O) groups is 3. The molecule has 0 spiro atoms. The van der Waals surface area contributed by atoms with Crippen molar-refractivity contribution in [3.05, 3.63) is 59.4 Å². The Morgan fingerprint density at radius 3 is 2.41 bits per heavy atom. The van der Waals surface area contributed by atoms with E-state index in [-0.39, 0.29) is 23.0 Å². The predicted octanol–water partition coefficient (Wildman–Crippen LogP) is 1.53. The lowest BCUT2D eigenvalue weighted by atomic mass is 10.2. The number of benzene rings is 1. The van der Waals surface area contributed by atoms with Gasteiger partial charge in [0.2, 0.25) is 6.41 Å². The van der Waals surface area contributed by atoms with Gasteiger partial charge in [0.15, 0.2) is 0 Å². The van der Waals surface area contributed by atoms with Crippen molar-refractivity contribution >= 4 is 23.9 Å². The highest BCUT2D eigenvalue weighted by molar-refractivity contribution is 6.03. The van der Waals surface area contributed by atoms with Gasteiger partial charge < -0.3 is 15.1 Å². The molecular formula is C18H16F2N4O3. The van der Waals surface area contributed by atoms with Crippen LogP contribution in [-0.4, -0.2) is 59.2 Å². The Kier molecular flexibility index (Phi) is 5.39. The maximum Gasteiger partial charge on any atom is 0.274 e. The average Bonchev–Trinajstić information content (AvgIpc) is 2.69. The summed E-state index contributed by atoms with van der Waals surface area (Å²) >= 11 is 0. The summed E-state index contributed by atoms with van der Waals surface area (Å²) in [5.74, 6) is -2.75. The standard InChI is InChI=1S/C18H16F2N4O3/c19-12-4-5-14(13(20)10-12)22-17(26)15-2-1-3-16(21-15)18(27)24-8-6-23(11-25)7-9-24/h1-5,10-11H,6-9H2,(H,22,26). The first-order valence-corrected chi connectivity index (χ1v) is 8.20. The summed E-state index contributed by atoms with van der Waals surface area (Å²) in [6, 6.07) is 7.14. The molecule has 1 aliphatic rings. The first-order chi connectivity index (χ1) is 13.0. The van der Waals surface area contributed by atoms with Crippen LogP contribution in [0.2, 0.25) is 0 Å². The summed E-state index contributed by atoms with van der Waals surface area (Å²) < 4.78 is 26.6. The molecule has 2 heterocycles. The molecule has 1 aromatic heterocycles. The summed E-state index contributed by atoms with van der Waals surface area (Å²) in [6.45, 7) is 1.60. The van der Waals surface area contributed by atoms with Gasteiger partial charge in [-0.2, -0.15) is 0 Å². The lowest BCUT2D eigenvalue weighted by molar-refractivity contribution is -0.119. The van der Waals surface area contributed by atoms with Gasteiger partial charge in [0.1, 0.15) is 23.0 Å². The number of halogens is 2. The van der Waals surface area contributed by atoms with Crippen LogP contribution < -0.4 is 5.32 Å². The van der Waals surface area contributed by atoms with Crippen LogP contribution in [-0.2, 0) is 4.79 Å². The third kappa shape index (κ3) is 4.25. The molecule has 1 saturated heterocycles. The molecule has 0 radical (unpaired) electrons. The molecule has 140 valence electrons. The fourth-order valence-corrected chi connectivity index (χ4v) is 2.65. The van der Waals surface area contributed by atoms with Gasteiger partial charge in [-0.15, -0.1) is 0 Å². The minimum absolute atomic E-state index is 0.0711. The van der Waals surface area contributed by atoms with E-state index in [1.165, 1.54) is 18.2 Å². The first-order valence-electron chi connectivity index (χ1n) is 8.20. The second kappa shape index (κ2) is 7.90. The molecule has 1 N–H and O–H groups in total. The number of nitrogens with one attached hydrogen (secondary N) is 1. The molecule has 9 heteroatoms. The zero-order valence-electron chi connectivity index (χ0n) is 14.2. The topological polar surface area (TPSA) is 82.6 Å². The van der Waals surface area contributed by atoms with E-state index in [1.54, 1.807) is 9.80 Å². The molecule has 1 aliphatic heterocycles. The Bertz CT molecular complexity index is 883. The molecule has 7 nitrogen and oxygen atoms in total. The molecule has 27 heavy (non-hydrogen) atoms. The maximum atomic E-state index is 13.7. The van der Waals surface area contributed by atoms with Crippen molar-refractivity contribution in [1.82, 2.24) is 14.8 Å². The Labute approximate surface area is 153 Å². The summed E-state index contributed by atoms with van der Waals surface area (Å²) in [5, 5.41) is 2.30. The molecule has 0 aliphatic carbocycles. The van der Waals surface area contributed by atoms with E-state index in [9.17, 15) is 23.2 Å². The van der Waals surface area contributed by atoms with Crippen LogP contribution in [0.15, 0.2) is 36.4 Å². The SMILES string of the molecule is O=CN1CCN(C(=O)c2cccc(C(=O)Nc3ccc(F)cc3F)n2)CC1. The largest absolute Gasteiger partial charge is 0.342 e. The van der Waals surface area contributed by atoms with Gasteiger partial charge in [-0.05, 0) is 24.3 Å². The molecule has 3 amide bonds. The van der Waals surface area contributed by atoms with Gasteiger partial charge in [-0.1, -0.05) is 6.07 Å². The molecule has 0 bridgehead atoms. The molecule has 3 rings (SSSR count). The minimum atomic E-state index is -0.913. The number of nitrogens with zero attached hydrogens (tertiary/aromatic N) is 3. The molecule has 1 aromatic carbocycles. The van der Waals surface area contributed by atoms with E-state index < -0.39 is 17.5 Å². The van der Waals surface area contributed by atoms with Crippen molar-refractivity contribution in [2.24, 2.45) is 0 Å². The normalized spacial score (nSPS) is 14.0. The number of anilines is 1. The van der Waals surface area contributed by atoms with Crippen molar-refractivity contribution in [1.29, 1.82) is 0 Å². The number of piperazine rings is 1. The second-order valence-electron chi connectivity index (χ2n) is 5.92. The number of hydrogen-bond acceptors (Lipinski definition) is 4. The van der Waals surface area contributed by atoms with Crippen molar-refractivity contribution in [3.63, 3.8) is 0 Å². The zero-order chi connectivity index (χ0) is 19.4. The van der Waals surface area contributed by atoms with Crippen molar-refractivity contribution < 1.29 is 23.2 Å². The number of hydrogen-bond donors (Lipinski definition) is 1. The highest BCUT2D eigenvalue weighted by Crippen LogP contribution is 2.16. The molecule has 0 atom stereocenters. The lowest BCUT2D eigenvalue weighted by Crippen LogP contribution is -2.48. The Morgan fingerprint density at radius 2 is 1.74 bits per heavy atom. The van der Waals surface area contributed by atoms with Crippen LogP contribution in [0.25, 0.3) is 0 Å². The maximum absolute atomic E-state index is 13.7. The summed E-state index contributed by atoms with van der Waals surface area (Å²) in [4.78, 5) is 42.7. The minimum Gasteiger partial charge on any atom is -0.342 e. The van der Waals surface area contributed by atoms with Gasteiger partial charge in [0, 0.05) is 32.2 Å². The fourth-order valence-electron chi connectivity index (χ4n) is 2.65. The molecule has 0 saturated carbocycles. The number of carbonyl (C=O) groups excluding carboxylic acids is 3. The van der Waals surface area contributed by atoms with E-state index in [0.29, 0.717) is 32.2 Å². The third-order valence-electron chi connectivity index (χ3n) is 4.13. The third-order valence-corrected chi connectivity index (χ3v) is 4.13. The quantitative estimate of drug-likeness (QED) is 0.823. The summed E-state index contributed by atoms with van der Waals surface area (Å²) in [5.41, 5.74) is -0.192. The second-order valence-corrected chi connectivity index (χ2v) is 5.92. The molecule has 2 aromatic rings. The molecule has 1 fully saturated rings. The number of aromatic nitrogens is 1. The van der Waals surface area contributed by atoms with Crippen LogP contribution in [0.4, 0.5) is 14.5 Å². The highest BCUT2D eigenvalue weighted by Gasteiger charge is 2.23. The van der Waals surface area contributed by atoms with Crippen LogP contribution in [0.5, 0.6) is 0 Å². The summed E-state index contributed by atoms with van der Waals surface area (Å²) in [6.07, 6.45) is 0.736. The van der Waals surface area contributed by atoms with Crippen LogP contribution in [0.3, 0.4) is 0 Å². The monoisotopic (exact) mass is 374 g/mol. The van der Waals surface area contributed by atoms with Crippen molar-refractivity contribution in [2.75, 3.05) is 31.5 Å². The average molecular weight is 374 g/mol. The Morgan fingerprint density at radius 1 is 1.04 bits per heavy atom. The van der Waals surface area contributed by atoms with E-state index in [4.69, 9.17) is 0 Å². The fraction of sp³-hybridized carbons (Fsp3) is 0.222. The van der Waals surface area contributed by atoms with Crippen LogP contribution in [0.1, 0.15) is 21.0 Å². The smallest absolute Gasteiger partial charge is 0.274 e. The highest BCUT2D eigenvalue weighted by atomic mass is 19.1. The van der Waals surface area contributed by atoms with Gasteiger partial charge in [0.05, 0.1) is 5.69 Å². The summed E-state index contributed by atoms with van der Waals surface area (Å²) in [7, 11) is 0. The van der Waals surface area contributed by atoms with Gasteiger partial charge >= 0.3 is 0 Å². The van der Waals surface area contributed by atoms with E-state index in [1.807, 2.05) is 0 Å². The van der Waals surface area contributed by atoms with E-state index >= 15 is 0 Å². The predicted molar refractivity (Wildman–Crippen MR) is 92.1 cm³/mol. The van der Waals surface area contributed by atoms with Crippen LogP contribution >= 0.6 is 0 Å². The molecular weight excluding hydrogens is 358 g/mol. The van der Waals surface area contributed by atoms with Crippen LogP contribution in [0, 0.1) is 11.6 Å². The number of amides is 3. The number of rotatable bonds is 4. The zero-order valence-corrected chi connectivity index (χ0v) is 14.2. The number of pyridine rings is 1. The first kappa shape index (κ1) is 18.4. The van der Waals surface area contributed by atoms with E-state index in [2.05, 4.69) is 10.3 Å². The lowest BCUT2D eigenvalue weighted by Gasteiger charge is -2.32. The van der Waals surface area contributed by atoms with Crippen molar-refractivity contribution in [2.45, 2.75) is 0 Å². The Balaban J connectivity index is 1.72. The Hall–Kier alpha value is -3.36. The van der Waals surface area contributed by atoms with E-state index in [0.717, 1.165) is 18.5 Å².